The standard InChI is InChI=1S/C14H20BrN3O2/c1-18(9-14(19)6-2-3-7-14)12-5-4-10(8-11(12)15)13(16)17-20/h4-5,8,19-20H,2-3,6-7,9H2,1H3,(H2,16,17). The largest absolute Gasteiger partial charge is 0.409 e. The van der Waals surface area contributed by atoms with Crippen LogP contribution in [0.15, 0.2) is 27.8 Å². The van der Waals surface area contributed by atoms with Crippen LogP contribution in [-0.4, -0.2) is 35.3 Å². The second-order valence-electron chi connectivity index (χ2n) is 5.44. The predicted molar refractivity (Wildman–Crippen MR) is 83.3 cm³/mol. The molecule has 0 atom stereocenters. The highest BCUT2D eigenvalue weighted by atomic mass is 79.9. The van der Waals surface area contributed by atoms with Gasteiger partial charge in [0, 0.05) is 23.6 Å². The summed E-state index contributed by atoms with van der Waals surface area (Å²) < 4.78 is 0.852. The molecule has 0 heterocycles. The summed E-state index contributed by atoms with van der Waals surface area (Å²) in [5, 5.41) is 22.1. The van der Waals surface area contributed by atoms with E-state index in [0.29, 0.717) is 12.1 Å². The SMILES string of the molecule is CN(CC1(O)CCCC1)c1ccc(/C(N)=N/O)cc1Br. The van der Waals surface area contributed by atoms with Crippen LogP contribution >= 0.6 is 15.9 Å². The molecule has 6 heteroatoms. The van der Waals surface area contributed by atoms with E-state index < -0.39 is 5.60 Å². The van der Waals surface area contributed by atoms with Gasteiger partial charge in [0.25, 0.3) is 0 Å². The molecule has 0 amide bonds. The molecular weight excluding hydrogens is 322 g/mol. The number of aliphatic hydroxyl groups is 1. The molecular formula is C14H20BrN3O2. The van der Waals surface area contributed by atoms with Gasteiger partial charge in [-0.15, -0.1) is 0 Å². The Morgan fingerprint density at radius 3 is 2.65 bits per heavy atom. The number of halogens is 1. The Morgan fingerprint density at radius 2 is 2.10 bits per heavy atom. The molecule has 0 saturated heterocycles. The van der Waals surface area contributed by atoms with E-state index in [2.05, 4.69) is 21.1 Å². The summed E-state index contributed by atoms with van der Waals surface area (Å²) in [5.41, 5.74) is 6.60. The lowest BCUT2D eigenvalue weighted by Gasteiger charge is -2.30. The maximum atomic E-state index is 10.5. The number of rotatable bonds is 4. The fourth-order valence-corrected chi connectivity index (χ4v) is 3.43. The molecule has 2 rings (SSSR count). The molecule has 110 valence electrons. The van der Waals surface area contributed by atoms with E-state index in [-0.39, 0.29) is 5.84 Å². The number of nitrogens with two attached hydrogens (primary N) is 1. The summed E-state index contributed by atoms with van der Waals surface area (Å²) in [6, 6.07) is 5.50. The molecule has 1 aliphatic carbocycles. The van der Waals surface area contributed by atoms with Crippen molar-refractivity contribution in [1.29, 1.82) is 0 Å². The number of oxime groups is 1. The highest BCUT2D eigenvalue weighted by Gasteiger charge is 2.32. The van der Waals surface area contributed by atoms with Crippen molar-refractivity contribution in [3.63, 3.8) is 0 Å². The number of likely N-dealkylation sites (N-methyl/N-ethyl adjacent to an activating group) is 1. The van der Waals surface area contributed by atoms with Gasteiger partial charge < -0.3 is 20.9 Å². The average Bonchev–Trinajstić information content (AvgIpc) is 2.83. The fourth-order valence-electron chi connectivity index (χ4n) is 2.75. The Balaban J connectivity index is 2.16. The van der Waals surface area contributed by atoms with E-state index in [0.717, 1.165) is 35.8 Å². The van der Waals surface area contributed by atoms with Crippen molar-refractivity contribution in [3.8, 4) is 0 Å². The maximum absolute atomic E-state index is 10.5. The first-order valence-electron chi connectivity index (χ1n) is 6.66. The Morgan fingerprint density at radius 1 is 1.45 bits per heavy atom. The van der Waals surface area contributed by atoms with E-state index in [1.54, 1.807) is 12.1 Å². The lowest BCUT2D eigenvalue weighted by Crippen LogP contribution is -2.39. The van der Waals surface area contributed by atoms with Crippen LogP contribution in [0.5, 0.6) is 0 Å². The number of hydrogen-bond donors (Lipinski definition) is 3. The fraction of sp³-hybridized carbons (Fsp3) is 0.500. The van der Waals surface area contributed by atoms with E-state index in [1.165, 1.54) is 0 Å². The van der Waals surface area contributed by atoms with Crippen molar-refractivity contribution in [1.82, 2.24) is 0 Å². The van der Waals surface area contributed by atoms with Crippen LogP contribution in [0.4, 0.5) is 5.69 Å². The van der Waals surface area contributed by atoms with Gasteiger partial charge in [0.2, 0.25) is 0 Å². The third-order valence-corrected chi connectivity index (χ3v) is 4.46. The first-order chi connectivity index (χ1) is 9.45. The van der Waals surface area contributed by atoms with E-state index in [4.69, 9.17) is 10.9 Å². The quantitative estimate of drug-likeness (QED) is 0.339. The van der Waals surface area contributed by atoms with Crippen LogP contribution in [0.3, 0.4) is 0 Å². The second kappa shape index (κ2) is 6.01. The van der Waals surface area contributed by atoms with Gasteiger partial charge in [0.15, 0.2) is 5.84 Å². The monoisotopic (exact) mass is 341 g/mol. The van der Waals surface area contributed by atoms with Gasteiger partial charge in [-0.05, 0) is 47.0 Å². The Labute approximate surface area is 127 Å². The molecule has 0 unspecified atom stereocenters. The minimum Gasteiger partial charge on any atom is -0.409 e. The first kappa shape index (κ1) is 15.1. The molecule has 1 aromatic rings. The van der Waals surface area contributed by atoms with E-state index in [9.17, 15) is 5.11 Å². The van der Waals surface area contributed by atoms with Gasteiger partial charge in [0.05, 0.1) is 11.3 Å². The van der Waals surface area contributed by atoms with Crippen LogP contribution in [0.1, 0.15) is 31.2 Å². The van der Waals surface area contributed by atoms with Crippen molar-refractivity contribution in [2.24, 2.45) is 10.9 Å². The zero-order valence-corrected chi connectivity index (χ0v) is 13.1. The third-order valence-electron chi connectivity index (χ3n) is 3.83. The van der Waals surface area contributed by atoms with Crippen LogP contribution in [0.2, 0.25) is 0 Å². The molecule has 1 fully saturated rings. The molecule has 0 aromatic heterocycles. The molecule has 1 aromatic carbocycles. The Hall–Kier alpha value is -1.27. The maximum Gasteiger partial charge on any atom is 0.170 e. The van der Waals surface area contributed by atoms with Gasteiger partial charge in [-0.2, -0.15) is 0 Å². The van der Waals surface area contributed by atoms with Gasteiger partial charge in [-0.25, -0.2) is 0 Å². The smallest absolute Gasteiger partial charge is 0.170 e. The summed E-state index contributed by atoms with van der Waals surface area (Å²) >= 11 is 3.50. The molecule has 0 bridgehead atoms. The van der Waals surface area contributed by atoms with E-state index in [1.807, 2.05) is 18.0 Å². The molecule has 5 nitrogen and oxygen atoms in total. The number of benzene rings is 1. The molecule has 0 aliphatic heterocycles. The highest BCUT2D eigenvalue weighted by molar-refractivity contribution is 9.10. The Kier molecular flexibility index (Phi) is 4.55. The van der Waals surface area contributed by atoms with Crippen LogP contribution in [0.25, 0.3) is 0 Å². The van der Waals surface area contributed by atoms with Crippen LogP contribution in [-0.2, 0) is 0 Å². The average molecular weight is 342 g/mol. The van der Waals surface area contributed by atoms with Crippen molar-refractivity contribution in [3.05, 3.63) is 28.2 Å². The zero-order chi connectivity index (χ0) is 14.8. The predicted octanol–water partition coefficient (Wildman–Crippen LogP) is 2.28. The normalized spacial score (nSPS) is 18.2. The molecule has 1 aliphatic rings. The molecule has 0 spiro atoms. The van der Waals surface area contributed by atoms with Crippen molar-refractivity contribution >= 4 is 27.5 Å². The van der Waals surface area contributed by atoms with Gasteiger partial charge in [-0.1, -0.05) is 18.0 Å². The summed E-state index contributed by atoms with van der Waals surface area (Å²) in [6.07, 6.45) is 3.90. The summed E-state index contributed by atoms with van der Waals surface area (Å²) in [5.74, 6) is 0.0781. The molecule has 1 saturated carbocycles. The summed E-state index contributed by atoms with van der Waals surface area (Å²) in [4.78, 5) is 2.03. The zero-order valence-electron chi connectivity index (χ0n) is 11.5. The molecule has 4 N–H and O–H groups in total. The minimum atomic E-state index is -0.585. The third kappa shape index (κ3) is 3.24. The van der Waals surface area contributed by atoms with Gasteiger partial charge >= 0.3 is 0 Å². The Bertz CT molecular complexity index is 513. The first-order valence-corrected chi connectivity index (χ1v) is 7.45. The summed E-state index contributed by atoms with van der Waals surface area (Å²) in [7, 11) is 1.96. The van der Waals surface area contributed by atoms with Gasteiger partial charge in [-0.3, -0.25) is 0 Å². The second-order valence-corrected chi connectivity index (χ2v) is 6.29. The number of nitrogens with zero attached hydrogens (tertiary/aromatic N) is 2. The molecule has 0 radical (unpaired) electrons. The van der Waals surface area contributed by atoms with E-state index >= 15 is 0 Å². The minimum absolute atomic E-state index is 0.0781. The number of hydrogen-bond acceptors (Lipinski definition) is 4. The highest BCUT2D eigenvalue weighted by Crippen LogP contribution is 2.33. The number of anilines is 1. The lowest BCUT2D eigenvalue weighted by atomic mass is 10.0. The topological polar surface area (TPSA) is 82.1 Å². The van der Waals surface area contributed by atoms with Crippen LogP contribution < -0.4 is 10.6 Å². The van der Waals surface area contributed by atoms with Crippen molar-refractivity contribution in [2.45, 2.75) is 31.3 Å². The number of amidine groups is 1. The molecule has 20 heavy (non-hydrogen) atoms. The lowest BCUT2D eigenvalue weighted by molar-refractivity contribution is 0.0559. The van der Waals surface area contributed by atoms with Crippen molar-refractivity contribution in [2.75, 3.05) is 18.5 Å². The van der Waals surface area contributed by atoms with Gasteiger partial charge in [0.1, 0.15) is 0 Å². The summed E-state index contributed by atoms with van der Waals surface area (Å²) in [6.45, 7) is 0.606. The van der Waals surface area contributed by atoms with Crippen molar-refractivity contribution < 1.29 is 10.3 Å². The van der Waals surface area contributed by atoms with Crippen LogP contribution in [0, 0.1) is 0 Å².